The average molecular weight is 1300 g/mol. The lowest BCUT2D eigenvalue weighted by molar-refractivity contribution is -0.161. The number of carbonyl (C=O) groups is 3. The van der Waals surface area contributed by atoms with Gasteiger partial charge in [0.15, 0.2) is 6.10 Å². The number of aliphatic hydroxyl groups is 2. The van der Waals surface area contributed by atoms with Gasteiger partial charge in [-0.2, -0.15) is 0 Å². The van der Waals surface area contributed by atoms with Crippen LogP contribution >= 0.6 is 15.6 Å². The number of ether oxygens (including phenoxy) is 3. The summed E-state index contributed by atoms with van der Waals surface area (Å²) in [4.78, 5) is 58.4. The second-order valence-electron chi connectivity index (χ2n) is 23.3. The van der Waals surface area contributed by atoms with Gasteiger partial charge in [-0.25, -0.2) is 9.13 Å². The molecule has 0 aromatic rings. The first-order valence-corrected chi connectivity index (χ1v) is 37.9. The summed E-state index contributed by atoms with van der Waals surface area (Å²) in [6, 6.07) is 0. The van der Waals surface area contributed by atoms with E-state index in [9.17, 15) is 43.5 Å². The van der Waals surface area contributed by atoms with Gasteiger partial charge < -0.3 is 34.2 Å². The molecule has 4 N–H and O–H groups in total. The lowest BCUT2D eigenvalue weighted by Gasteiger charge is -2.21. The molecule has 0 heterocycles. The van der Waals surface area contributed by atoms with Crippen LogP contribution in [0.4, 0.5) is 0 Å². The largest absolute Gasteiger partial charge is 0.472 e. The monoisotopic (exact) mass is 1300 g/mol. The summed E-state index contributed by atoms with van der Waals surface area (Å²) in [5.41, 5.74) is 0. The molecular weight excluding hydrogens is 1170 g/mol. The molecule has 16 nitrogen and oxygen atoms in total. The van der Waals surface area contributed by atoms with Crippen LogP contribution in [0.25, 0.3) is 0 Å². The number of esters is 3. The molecule has 5 unspecified atom stereocenters. The summed E-state index contributed by atoms with van der Waals surface area (Å²) >= 11 is 0. The normalized spacial score (nSPS) is 14.7. The van der Waals surface area contributed by atoms with Crippen LogP contribution in [0.2, 0.25) is 0 Å². The van der Waals surface area contributed by atoms with E-state index in [4.69, 9.17) is 32.3 Å². The van der Waals surface area contributed by atoms with E-state index in [-0.39, 0.29) is 19.3 Å². The Kier molecular flexibility index (Phi) is 62.4. The molecule has 0 saturated carbocycles. The summed E-state index contributed by atoms with van der Waals surface area (Å²) < 4.78 is 60.9. The van der Waals surface area contributed by atoms with Gasteiger partial charge in [0.1, 0.15) is 25.4 Å². The van der Waals surface area contributed by atoms with Crippen LogP contribution in [0.5, 0.6) is 0 Å². The molecule has 0 radical (unpaired) electrons. The van der Waals surface area contributed by atoms with E-state index in [0.29, 0.717) is 19.3 Å². The fraction of sp³-hybridized carbons (Fsp3) is 0.761. The summed E-state index contributed by atoms with van der Waals surface area (Å²) in [6.45, 7) is 2.53. The van der Waals surface area contributed by atoms with Crippen molar-refractivity contribution in [2.45, 2.75) is 309 Å². The molecule has 0 aliphatic carbocycles. The zero-order valence-corrected chi connectivity index (χ0v) is 57.6. The second-order valence-corrected chi connectivity index (χ2v) is 26.2. The molecule has 0 rings (SSSR count). The maximum atomic E-state index is 12.9. The summed E-state index contributed by atoms with van der Waals surface area (Å²) in [7, 11) is -9.77. The molecule has 89 heavy (non-hydrogen) atoms. The predicted octanol–water partition coefficient (Wildman–Crippen LogP) is 19.3. The third-order valence-corrected chi connectivity index (χ3v) is 16.5. The number of phosphoric acid groups is 2. The Balaban J connectivity index is 4.58. The number of hydrogen-bond donors (Lipinski definition) is 4. The fourth-order valence-electron chi connectivity index (χ4n) is 9.27. The van der Waals surface area contributed by atoms with Crippen LogP contribution in [0.3, 0.4) is 0 Å². The summed E-state index contributed by atoms with van der Waals surface area (Å²) in [5, 5.41) is 20.5. The summed E-state index contributed by atoms with van der Waals surface area (Å²) in [6.07, 6.45) is 69.1. The van der Waals surface area contributed by atoms with Crippen LogP contribution < -0.4 is 0 Å². The van der Waals surface area contributed by atoms with Gasteiger partial charge in [0.2, 0.25) is 0 Å². The van der Waals surface area contributed by atoms with E-state index in [2.05, 4.69) is 106 Å². The number of phosphoric ester groups is 2. The quantitative estimate of drug-likeness (QED) is 0.0146. The Morgan fingerprint density at radius 3 is 0.966 bits per heavy atom. The Bertz CT molecular complexity index is 1970. The molecule has 0 saturated heterocycles. The van der Waals surface area contributed by atoms with Crippen LogP contribution in [-0.4, -0.2) is 95.9 Å². The van der Waals surface area contributed by atoms with Crippen molar-refractivity contribution < 1.29 is 75.8 Å². The molecule has 0 aromatic heterocycles. The van der Waals surface area contributed by atoms with Gasteiger partial charge >= 0.3 is 33.6 Å². The van der Waals surface area contributed by atoms with Crippen molar-refractivity contribution in [3.63, 3.8) is 0 Å². The highest BCUT2D eigenvalue weighted by Gasteiger charge is 2.29. The van der Waals surface area contributed by atoms with Gasteiger partial charge in [0.25, 0.3) is 0 Å². The molecule has 0 aliphatic rings. The maximum absolute atomic E-state index is 12.9. The van der Waals surface area contributed by atoms with Crippen molar-refractivity contribution >= 4 is 33.6 Å². The first-order chi connectivity index (χ1) is 43.2. The van der Waals surface area contributed by atoms with Crippen molar-refractivity contribution in [2.24, 2.45) is 0 Å². The third-order valence-electron chi connectivity index (χ3n) is 14.6. The maximum Gasteiger partial charge on any atom is 0.472 e. The molecule has 0 spiro atoms. The first-order valence-electron chi connectivity index (χ1n) is 34.9. The van der Waals surface area contributed by atoms with Crippen LogP contribution in [0, 0.1) is 0 Å². The Morgan fingerprint density at radius 1 is 0.326 bits per heavy atom. The summed E-state index contributed by atoms with van der Waals surface area (Å²) in [5.74, 6) is -1.59. The molecule has 0 amide bonds. The Hall–Kier alpha value is -3.27. The fourth-order valence-corrected chi connectivity index (χ4v) is 10.9. The van der Waals surface area contributed by atoms with Crippen LogP contribution in [0.15, 0.2) is 85.1 Å². The Labute approximate surface area is 540 Å². The topological polar surface area (TPSA) is 231 Å². The Morgan fingerprint density at radius 2 is 0.596 bits per heavy atom. The van der Waals surface area contributed by atoms with Crippen molar-refractivity contribution in [3.05, 3.63) is 85.1 Å². The van der Waals surface area contributed by atoms with E-state index < -0.39 is 91.5 Å². The van der Waals surface area contributed by atoms with Gasteiger partial charge in [-0.15, -0.1) is 0 Å². The number of aliphatic hydroxyl groups excluding tert-OH is 2. The lowest BCUT2D eigenvalue weighted by atomic mass is 10.0. The molecule has 0 aromatic carbocycles. The molecule has 0 bridgehead atoms. The van der Waals surface area contributed by atoms with Crippen LogP contribution in [0.1, 0.15) is 290 Å². The SMILES string of the molecule is CC/C=C\C/C=C\C/C=C\CCCCCCCCCC(=O)OCC(COP(=O)(O)OCC(O)COP(=O)(O)OCC(O)COC(=O)CCCCCCCCC/C=C\C/C=C\C/C=C\C/C=C\CCCCC)OC(=O)CCCCCCCCCCCCCCC. The van der Waals surface area contributed by atoms with Crippen molar-refractivity contribution in [3.8, 4) is 0 Å². The number of carbonyl (C=O) groups excluding carboxylic acids is 3. The molecule has 18 heteroatoms. The van der Waals surface area contributed by atoms with Crippen molar-refractivity contribution in [1.29, 1.82) is 0 Å². The predicted molar refractivity (Wildman–Crippen MR) is 362 cm³/mol. The zero-order chi connectivity index (χ0) is 65.3. The highest BCUT2D eigenvalue weighted by Crippen LogP contribution is 2.45. The van der Waals surface area contributed by atoms with Gasteiger partial charge in [0.05, 0.1) is 26.4 Å². The molecule has 5 atom stereocenters. The van der Waals surface area contributed by atoms with Crippen LogP contribution in [-0.2, 0) is 55.8 Å². The van der Waals surface area contributed by atoms with E-state index in [1.54, 1.807) is 0 Å². The number of allylic oxidation sites excluding steroid dienone is 14. The van der Waals surface area contributed by atoms with Gasteiger partial charge in [-0.1, -0.05) is 260 Å². The van der Waals surface area contributed by atoms with E-state index >= 15 is 0 Å². The van der Waals surface area contributed by atoms with Gasteiger partial charge in [-0.05, 0) is 96.3 Å². The first kappa shape index (κ1) is 85.7. The number of rotatable bonds is 66. The molecule has 516 valence electrons. The smallest absolute Gasteiger partial charge is 0.463 e. The zero-order valence-electron chi connectivity index (χ0n) is 55.8. The van der Waals surface area contributed by atoms with E-state index in [0.717, 1.165) is 154 Å². The second kappa shape index (κ2) is 64.8. The highest BCUT2D eigenvalue weighted by molar-refractivity contribution is 7.47. The third kappa shape index (κ3) is 66.0. The van der Waals surface area contributed by atoms with Crippen molar-refractivity contribution in [2.75, 3.05) is 39.6 Å². The minimum Gasteiger partial charge on any atom is -0.463 e. The van der Waals surface area contributed by atoms with Crippen molar-refractivity contribution in [1.82, 2.24) is 0 Å². The average Bonchev–Trinajstić information content (AvgIpc) is 3.66. The number of unbranched alkanes of at least 4 members (excludes halogenated alkanes) is 29. The van der Waals surface area contributed by atoms with E-state index in [1.165, 1.54) is 77.0 Å². The van der Waals surface area contributed by atoms with Gasteiger partial charge in [-0.3, -0.25) is 32.5 Å². The lowest BCUT2D eigenvalue weighted by Crippen LogP contribution is -2.30. The minimum atomic E-state index is -4.92. The number of hydrogen-bond acceptors (Lipinski definition) is 14. The van der Waals surface area contributed by atoms with E-state index in [1.807, 2.05) is 0 Å². The van der Waals surface area contributed by atoms with Gasteiger partial charge in [0, 0.05) is 19.3 Å². The standard InChI is InChI=1S/C71H126O16P2/c1-4-7-10-13-16-19-22-25-27-29-30-31-32-33-34-36-38-40-42-45-48-51-54-57-69(74)81-60-66(72)61-83-88(77,78)84-62-67(73)63-85-89(79,80)86-65-68(87-71(76)59-56-53-50-47-44-39-24-21-18-15-12-9-6-3)64-82-70(75)58-55-52-49-46-43-41-37-35-28-26-23-20-17-14-11-8-5-2/h8,11,16-17,19-20,25-28,30-31,33-34,66-68,72-73H,4-7,9-10,12-15,18,21-24,29,32,35-65H2,1-3H3,(H,77,78)(H,79,80)/b11-8-,19-16-,20-17-,27-25-,28-26-,31-30-,34-33-. The molecule has 0 fully saturated rings. The molecule has 0 aliphatic heterocycles. The molecular formula is C71H126O16P2. The highest BCUT2D eigenvalue weighted by atomic mass is 31.2. The minimum absolute atomic E-state index is 0.106.